The lowest BCUT2D eigenvalue weighted by Crippen LogP contribution is -2.23. The molecule has 1 heterocycles. The number of alkyl halides is 3. The first-order chi connectivity index (χ1) is 12.8. The van der Waals surface area contributed by atoms with Crippen molar-refractivity contribution < 1.29 is 27.2 Å². The number of hydrogen-bond acceptors (Lipinski definition) is 4. The molecule has 0 aliphatic rings. The SMILES string of the molecule is C=CCC/C(COc1c(I)cc(C(O)C(F)(F)F)nc1Cl)=N\S(=O)C(C)(C)C. The van der Waals surface area contributed by atoms with E-state index in [2.05, 4.69) is 16.0 Å². The molecule has 1 aromatic heterocycles. The number of halogens is 5. The summed E-state index contributed by atoms with van der Waals surface area (Å²) < 4.78 is 59.8. The second-order valence-electron chi connectivity index (χ2n) is 6.73. The number of pyridine rings is 1. The van der Waals surface area contributed by atoms with Gasteiger partial charge in [-0.15, -0.1) is 6.58 Å². The van der Waals surface area contributed by atoms with E-state index in [1.54, 1.807) is 49.4 Å². The Kier molecular flexibility index (Phi) is 9.36. The Balaban J connectivity index is 3.06. The van der Waals surface area contributed by atoms with Crippen molar-refractivity contribution in [3.63, 3.8) is 0 Å². The first kappa shape index (κ1) is 25.3. The van der Waals surface area contributed by atoms with Gasteiger partial charge >= 0.3 is 6.18 Å². The first-order valence-corrected chi connectivity index (χ1v) is 10.7. The van der Waals surface area contributed by atoms with Gasteiger partial charge < -0.3 is 9.84 Å². The molecule has 0 aromatic carbocycles. The number of nitrogens with zero attached hydrogens (tertiary/aromatic N) is 2. The molecule has 0 fully saturated rings. The molecule has 0 aliphatic heterocycles. The minimum atomic E-state index is -4.86. The van der Waals surface area contributed by atoms with E-state index in [0.29, 0.717) is 18.6 Å². The highest BCUT2D eigenvalue weighted by Crippen LogP contribution is 2.36. The average molecular weight is 553 g/mol. The van der Waals surface area contributed by atoms with Crippen molar-refractivity contribution in [3.8, 4) is 5.75 Å². The van der Waals surface area contributed by atoms with Gasteiger partial charge in [-0.25, -0.2) is 9.19 Å². The van der Waals surface area contributed by atoms with E-state index in [1.807, 2.05) is 0 Å². The van der Waals surface area contributed by atoms with Crippen LogP contribution in [0.15, 0.2) is 23.1 Å². The molecule has 2 unspecified atom stereocenters. The summed E-state index contributed by atoms with van der Waals surface area (Å²) in [7, 11) is -1.49. The molecule has 1 rings (SSSR count). The summed E-state index contributed by atoms with van der Waals surface area (Å²) in [5, 5.41) is 9.02. The van der Waals surface area contributed by atoms with Crippen molar-refractivity contribution in [2.24, 2.45) is 4.40 Å². The van der Waals surface area contributed by atoms with Crippen LogP contribution in [0.2, 0.25) is 5.15 Å². The van der Waals surface area contributed by atoms with E-state index in [1.165, 1.54) is 0 Å². The van der Waals surface area contributed by atoms with Crippen molar-refractivity contribution in [2.45, 2.75) is 50.6 Å². The third kappa shape index (κ3) is 7.60. The molecule has 5 nitrogen and oxygen atoms in total. The van der Waals surface area contributed by atoms with E-state index in [0.717, 1.165) is 6.07 Å². The van der Waals surface area contributed by atoms with Gasteiger partial charge in [0, 0.05) is 0 Å². The zero-order valence-corrected chi connectivity index (χ0v) is 19.2. The maximum Gasteiger partial charge on any atom is 0.420 e. The number of aromatic nitrogens is 1. The van der Waals surface area contributed by atoms with Crippen LogP contribution in [0.5, 0.6) is 5.75 Å². The molecule has 1 aromatic rings. The van der Waals surface area contributed by atoms with E-state index in [4.69, 9.17) is 16.3 Å². The highest BCUT2D eigenvalue weighted by molar-refractivity contribution is 14.1. The van der Waals surface area contributed by atoms with Gasteiger partial charge in [-0.05, 0) is 62.3 Å². The van der Waals surface area contributed by atoms with Crippen LogP contribution in [0, 0.1) is 3.57 Å². The van der Waals surface area contributed by atoms with Crippen molar-refractivity contribution in [1.29, 1.82) is 0 Å². The number of allylic oxidation sites excluding steroid dienone is 1. The van der Waals surface area contributed by atoms with E-state index >= 15 is 0 Å². The number of ether oxygens (including phenoxy) is 1. The molecular formula is C17H21ClF3IN2O3S. The van der Waals surface area contributed by atoms with Crippen molar-refractivity contribution in [2.75, 3.05) is 6.61 Å². The fourth-order valence-electron chi connectivity index (χ4n) is 1.75. The van der Waals surface area contributed by atoms with Crippen molar-refractivity contribution >= 4 is 50.9 Å². The van der Waals surface area contributed by atoms with Gasteiger partial charge in [0.25, 0.3) is 0 Å². The average Bonchev–Trinajstić information content (AvgIpc) is 2.55. The zero-order chi connectivity index (χ0) is 21.7. The lowest BCUT2D eigenvalue weighted by Gasteiger charge is -2.17. The van der Waals surface area contributed by atoms with Gasteiger partial charge in [-0.3, -0.25) is 0 Å². The monoisotopic (exact) mass is 552 g/mol. The minimum absolute atomic E-state index is 0.0613. The van der Waals surface area contributed by atoms with Crippen LogP contribution >= 0.6 is 34.2 Å². The second-order valence-corrected chi connectivity index (χ2v) is 10.2. The van der Waals surface area contributed by atoms with Crippen LogP contribution < -0.4 is 4.74 Å². The van der Waals surface area contributed by atoms with Crippen molar-refractivity contribution in [1.82, 2.24) is 4.98 Å². The molecule has 11 heteroatoms. The van der Waals surface area contributed by atoms with E-state index in [-0.39, 0.29) is 21.1 Å². The second kappa shape index (κ2) is 10.4. The molecule has 0 saturated heterocycles. The number of aliphatic hydroxyl groups excluding tert-OH is 1. The van der Waals surface area contributed by atoms with E-state index in [9.17, 15) is 22.5 Å². The van der Waals surface area contributed by atoms with Crippen molar-refractivity contribution in [3.05, 3.63) is 33.1 Å². The summed E-state index contributed by atoms with van der Waals surface area (Å²) in [4.78, 5) is 3.59. The topological polar surface area (TPSA) is 71.8 Å². The first-order valence-electron chi connectivity index (χ1n) is 8.10. The molecule has 0 aliphatic carbocycles. The predicted octanol–water partition coefficient (Wildman–Crippen LogP) is 5.18. The molecule has 28 heavy (non-hydrogen) atoms. The van der Waals surface area contributed by atoms with Crippen LogP contribution in [0.1, 0.15) is 45.4 Å². The standard InChI is InChI=1S/C17H21ClF3IN2O3S/c1-5-6-7-10(24-28(26)16(2,3)4)9-27-13-11(22)8-12(23-15(13)18)14(25)17(19,20)21/h5,8,14,25H,1,6-7,9H2,2-4H3/b24-10+. The Bertz CT molecular complexity index is 744. The normalized spacial score (nSPS) is 15.2. The maximum atomic E-state index is 12.7. The predicted molar refractivity (Wildman–Crippen MR) is 113 cm³/mol. The Morgan fingerprint density at radius 2 is 2.11 bits per heavy atom. The third-order valence-corrected chi connectivity index (χ3v) is 5.78. The molecule has 1 N–H and O–H groups in total. The summed E-state index contributed by atoms with van der Waals surface area (Å²) >= 11 is 7.70. The lowest BCUT2D eigenvalue weighted by molar-refractivity contribution is -0.208. The molecule has 0 amide bonds. The van der Waals surface area contributed by atoms with Gasteiger partial charge in [-0.1, -0.05) is 17.7 Å². The lowest BCUT2D eigenvalue weighted by atomic mass is 10.2. The van der Waals surface area contributed by atoms with Gasteiger partial charge in [0.15, 0.2) is 17.0 Å². The molecule has 2 atom stereocenters. The van der Waals surface area contributed by atoms with Gasteiger partial charge in [0.2, 0.25) is 0 Å². The highest BCUT2D eigenvalue weighted by Gasteiger charge is 2.41. The quantitative estimate of drug-likeness (QED) is 0.209. The molecule has 0 saturated carbocycles. The molecule has 158 valence electrons. The maximum absolute atomic E-state index is 12.7. The molecule has 0 spiro atoms. The largest absolute Gasteiger partial charge is 0.483 e. The third-order valence-electron chi connectivity index (χ3n) is 3.25. The fourth-order valence-corrected chi connectivity index (χ4v) is 3.55. The van der Waals surface area contributed by atoms with Crippen LogP contribution in [0.3, 0.4) is 0 Å². The zero-order valence-electron chi connectivity index (χ0n) is 15.5. The molecule has 0 bridgehead atoms. The summed E-state index contributed by atoms with van der Waals surface area (Å²) in [5.74, 6) is 0.0632. The molecule has 0 radical (unpaired) electrons. The summed E-state index contributed by atoms with van der Waals surface area (Å²) in [5.41, 5.74) is -0.122. The minimum Gasteiger partial charge on any atom is -0.483 e. The Labute approximate surface area is 183 Å². The molecular weight excluding hydrogens is 532 g/mol. The number of hydrogen-bond donors (Lipinski definition) is 1. The fraction of sp³-hybridized carbons (Fsp3) is 0.529. The van der Waals surface area contributed by atoms with Gasteiger partial charge in [0.1, 0.15) is 17.6 Å². The van der Waals surface area contributed by atoms with Crippen LogP contribution in [0.4, 0.5) is 13.2 Å². The summed E-state index contributed by atoms with van der Waals surface area (Å²) in [6.07, 6.45) is -4.88. The van der Waals surface area contributed by atoms with Gasteiger partial charge in [-0.2, -0.15) is 17.6 Å². The van der Waals surface area contributed by atoms with Crippen LogP contribution in [0.25, 0.3) is 0 Å². The van der Waals surface area contributed by atoms with Crippen LogP contribution in [-0.4, -0.2) is 37.5 Å². The van der Waals surface area contributed by atoms with Gasteiger partial charge in [0.05, 0.1) is 19.7 Å². The van der Waals surface area contributed by atoms with Crippen LogP contribution in [-0.2, 0) is 11.0 Å². The number of rotatable bonds is 8. The highest BCUT2D eigenvalue weighted by atomic mass is 127. The number of aliphatic hydroxyl groups is 1. The Morgan fingerprint density at radius 3 is 2.57 bits per heavy atom. The Morgan fingerprint density at radius 1 is 1.50 bits per heavy atom. The Hall–Kier alpha value is -0.720. The summed E-state index contributed by atoms with van der Waals surface area (Å²) in [6, 6.07) is 1.05. The smallest absolute Gasteiger partial charge is 0.420 e. The summed E-state index contributed by atoms with van der Waals surface area (Å²) in [6.45, 7) is 8.93. The van der Waals surface area contributed by atoms with E-state index < -0.39 is 33.7 Å².